The number of nitrogens with zero attached hydrogens (tertiary/aromatic N) is 3. The number of rotatable bonds is 2. The van der Waals surface area contributed by atoms with Crippen LogP contribution in [0.15, 0.2) is 47.7 Å². The number of aromatic nitrogens is 1. The number of carbonyl (C=O) groups excluding carboxylic acids is 1. The van der Waals surface area contributed by atoms with E-state index >= 15 is 0 Å². The van der Waals surface area contributed by atoms with E-state index in [-0.39, 0.29) is 5.91 Å². The third-order valence-corrected chi connectivity index (χ3v) is 3.82. The molecule has 0 bridgehead atoms. The molecule has 1 N–H and O–H groups in total. The van der Waals surface area contributed by atoms with Gasteiger partial charge in [0.05, 0.1) is 27.8 Å². The molecule has 1 aliphatic rings. The smallest absolute Gasteiger partial charge is 0.262 e. The molecule has 0 saturated heterocycles. The number of hydrogen-bond acceptors (Lipinski definition) is 4. The van der Waals surface area contributed by atoms with Gasteiger partial charge in [0.1, 0.15) is 0 Å². The summed E-state index contributed by atoms with van der Waals surface area (Å²) in [6, 6.07) is 8.63. The predicted octanol–water partition coefficient (Wildman–Crippen LogP) is 3.31. The van der Waals surface area contributed by atoms with Gasteiger partial charge in [-0.25, -0.2) is 0 Å². The van der Waals surface area contributed by atoms with Crippen LogP contribution in [0.3, 0.4) is 0 Å². The molecule has 2 aromatic rings. The molecule has 0 fully saturated rings. The molecule has 1 aromatic carbocycles. The average molecular weight is 335 g/mol. The Morgan fingerprint density at radius 1 is 1.18 bits per heavy atom. The lowest BCUT2D eigenvalue weighted by atomic mass is 10.2. The van der Waals surface area contributed by atoms with Crippen LogP contribution in [0.1, 0.15) is 10.4 Å². The first-order valence-electron chi connectivity index (χ1n) is 6.64. The normalized spacial score (nSPS) is 13.9. The van der Waals surface area contributed by atoms with Crippen LogP contribution in [0.5, 0.6) is 0 Å². The van der Waals surface area contributed by atoms with E-state index in [4.69, 9.17) is 23.2 Å². The van der Waals surface area contributed by atoms with Gasteiger partial charge in [0.25, 0.3) is 5.91 Å². The van der Waals surface area contributed by atoms with Crippen molar-refractivity contribution in [2.24, 2.45) is 4.99 Å². The van der Waals surface area contributed by atoms with Crippen molar-refractivity contribution >= 4 is 40.8 Å². The van der Waals surface area contributed by atoms with E-state index in [1.54, 1.807) is 41.4 Å². The molecule has 0 spiro atoms. The molecule has 0 radical (unpaired) electrons. The van der Waals surface area contributed by atoms with Crippen LogP contribution in [0.4, 0.5) is 5.69 Å². The fourth-order valence-corrected chi connectivity index (χ4v) is 2.62. The van der Waals surface area contributed by atoms with Crippen LogP contribution in [0.25, 0.3) is 0 Å². The minimum Gasteiger partial charge on any atom is -0.323 e. The topological polar surface area (TPSA) is 57.6 Å². The SMILES string of the molecule is O=C(c1cccnc1)N1CCN=C1Nc1c(Cl)cccc1Cl. The summed E-state index contributed by atoms with van der Waals surface area (Å²) in [5, 5.41) is 3.99. The van der Waals surface area contributed by atoms with Crippen molar-refractivity contribution in [2.75, 3.05) is 18.4 Å². The Labute approximate surface area is 137 Å². The van der Waals surface area contributed by atoms with Crippen molar-refractivity contribution in [1.82, 2.24) is 9.88 Å². The Morgan fingerprint density at radius 3 is 2.64 bits per heavy atom. The largest absolute Gasteiger partial charge is 0.323 e. The van der Waals surface area contributed by atoms with Gasteiger partial charge in [0.2, 0.25) is 5.96 Å². The van der Waals surface area contributed by atoms with Gasteiger partial charge < -0.3 is 5.32 Å². The monoisotopic (exact) mass is 334 g/mol. The van der Waals surface area contributed by atoms with Crippen molar-refractivity contribution in [2.45, 2.75) is 0 Å². The number of aliphatic imine (C=N–C) groups is 1. The molecule has 112 valence electrons. The van der Waals surface area contributed by atoms with Crippen LogP contribution in [0.2, 0.25) is 10.0 Å². The number of benzene rings is 1. The Hall–Kier alpha value is -2.11. The van der Waals surface area contributed by atoms with Crippen LogP contribution in [0, 0.1) is 0 Å². The maximum absolute atomic E-state index is 12.5. The van der Waals surface area contributed by atoms with Crippen molar-refractivity contribution in [3.05, 3.63) is 58.3 Å². The number of amides is 1. The second-order valence-electron chi connectivity index (χ2n) is 4.63. The molecule has 7 heteroatoms. The van der Waals surface area contributed by atoms with E-state index in [9.17, 15) is 4.79 Å². The van der Waals surface area contributed by atoms with Gasteiger partial charge >= 0.3 is 0 Å². The number of halogens is 2. The summed E-state index contributed by atoms with van der Waals surface area (Å²) in [7, 11) is 0. The zero-order valence-corrected chi connectivity index (χ0v) is 13.0. The Morgan fingerprint density at radius 2 is 1.95 bits per heavy atom. The standard InChI is InChI=1S/C15H12Cl2N4O/c16-11-4-1-5-12(17)13(11)20-15-19-7-8-21(15)14(22)10-3-2-6-18-9-10/h1-6,9H,7-8H2,(H,19,20). The maximum Gasteiger partial charge on any atom is 0.262 e. The minimum atomic E-state index is -0.167. The summed E-state index contributed by atoms with van der Waals surface area (Å²) < 4.78 is 0. The second-order valence-corrected chi connectivity index (χ2v) is 5.44. The van der Waals surface area contributed by atoms with Gasteiger partial charge in [0.15, 0.2) is 0 Å². The number of nitrogens with one attached hydrogen (secondary N) is 1. The predicted molar refractivity (Wildman–Crippen MR) is 87.7 cm³/mol. The summed E-state index contributed by atoms with van der Waals surface area (Å²) in [6.45, 7) is 1.02. The highest BCUT2D eigenvalue weighted by atomic mass is 35.5. The van der Waals surface area contributed by atoms with E-state index in [0.717, 1.165) is 0 Å². The fourth-order valence-electron chi connectivity index (χ4n) is 2.13. The first-order valence-corrected chi connectivity index (χ1v) is 7.40. The molecule has 3 rings (SSSR count). The molecule has 1 aromatic heterocycles. The lowest BCUT2D eigenvalue weighted by Gasteiger charge is -2.20. The van der Waals surface area contributed by atoms with E-state index in [0.29, 0.717) is 40.3 Å². The van der Waals surface area contributed by atoms with Crippen molar-refractivity contribution in [1.29, 1.82) is 0 Å². The number of anilines is 1. The summed E-state index contributed by atoms with van der Waals surface area (Å²) in [5.41, 5.74) is 1.04. The van der Waals surface area contributed by atoms with E-state index in [1.165, 1.54) is 6.20 Å². The average Bonchev–Trinajstić information content (AvgIpc) is 2.99. The van der Waals surface area contributed by atoms with Gasteiger partial charge in [-0.3, -0.25) is 19.7 Å². The second kappa shape index (κ2) is 6.34. The van der Waals surface area contributed by atoms with Crippen LogP contribution in [-0.2, 0) is 0 Å². The van der Waals surface area contributed by atoms with Crippen molar-refractivity contribution < 1.29 is 4.79 Å². The molecule has 22 heavy (non-hydrogen) atoms. The highest BCUT2D eigenvalue weighted by Crippen LogP contribution is 2.30. The number of carbonyl (C=O) groups is 1. The quantitative estimate of drug-likeness (QED) is 0.916. The molecule has 0 unspecified atom stereocenters. The van der Waals surface area contributed by atoms with E-state index in [2.05, 4.69) is 15.3 Å². The van der Waals surface area contributed by atoms with Crippen molar-refractivity contribution in [3.8, 4) is 0 Å². The van der Waals surface area contributed by atoms with Gasteiger partial charge in [0, 0.05) is 18.9 Å². The van der Waals surface area contributed by atoms with Gasteiger partial charge in [-0.2, -0.15) is 0 Å². The molecule has 0 aliphatic carbocycles. The summed E-state index contributed by atoms with van der Waals surface area (Å²) in [6.07, 6.45) is 3.15. The molecule has 5 nitrogen and oxygen atoms in total. The first kappa shape index (κ1) is 14.8. The Bertz CT molecular complexity index is 713. The number of pyridine rings is 1. The molecular formula is C15H12Cl2N4O. The third kappa shape index (κ3) is 2.91. The van der Waals surface area contributed by atoms with E-state index in [1.807, 2.05) is 0 Å². The van der Waals surface area contributed by atoms with Gasteiger partial charge in [-0.15, -0.1) is 0 Å². The molecular weight excluding hydrogens is 323 g/mol. The molecule has 0 saturated carbocycles. The zero-order valence-electron chi connectivity index (χ0n) is 11.5. The minimum absolute atomic E-state index is 0.167. The highest BCUT2D eigenvalue weighted by molar-refractivity contribution is 6.40. The zero-order chi connectivity index (χ0) is 15.5. The van der Waals surface area contributed by atoms with Crippen LogP contribution < -0.4 is 5.32 Å². The molecule has 0 atom stereocenters. The number of hydrogen-bond donors (Lipinski definition) is 1. The van der Waals surface area contributed by atoms with Crippen LogP contribution >= 0.6 is 23.2 Å². The van der Waals surface area contributed by atoms with Gasteiger partial charge in [-0.05, 0) is 24.3 Å². The third-order valence-electron chi connectivity index (χ3n) is 3.19. The number of guanidine groups is 1. The number of para-hydroxylation sites is 1. The van der Waals surface area contributed by atoms with Gasteiger partial charge in [-0.1, -0.05) is 29.3 Å². The molecule has 1 amide bonds. The Kier molecular flexibility index (Phi) is 4.27. The summed E-state index contributed by atoms with van der Waals surface area (Å²) >= 11 is 12.3. The summed E-state index contributed by atoms with van der Waals surface area (Å²) in [5.74, 6) is 0.267. The molecule has 1 aliphatic heterocycles. The van der Waals surface area contributed by atoms with Crippen molar-refractivity contribution in [3.63, 3.8) is 0 Å². The van der Waals surface area contributed by atoms with E-state index < -0.39 is 0 Å². The lowest BCUT2D eigenvalue weighted by Crippen LogP contribution is -2.38. The summed E-state index contributed by atoms with van der Waals surface area (Å²) in [4.78, 5) is 22.3. The first-order chi connectivity index (χ1) is 10.7. The van der Waals surface area contributed by atoms with Crippen LogP contribution in [-0.4, -0.2) is 34.8 Å². The lowest BCUT2D eigenvalue weighted by molar-refractivity contribution is 0.0857. The fraction of sp³-hybridized carbons (Fsp3) is 0.133. The Balaban J connectivity index is 1.84. The highest BCUT2D eigenvalue weighted by Gasteiger charge is 2.26. The maximum atomic E-state index is 12.5. The molecule has 2 heterocycles.